The quantitative estimate of drug-likeness (QED) is 0.119. The highest BCUT2D eigenvalue weighted by molar-refractivity contribution is 5.73. The molecule has 434 valence electrons. The van der Waals surface area contributed by atoms with Crippen LogP contribution in [-0.4, -0.2) is 207 Å². The van der Waals surface area contributed by atoms with E-state index in [1.54, 1.807) is 59.3 Å². The summed E-state index contributed by atoms with van der Waals surface area (Å²) < 4.78 is 54.6. The SMILES string of the molecule is CC[C@H]1OC(=O)[C@H](C)[C@@H](O[C@H]2C[C@@](C)(OC)[C@@H](O)[C@H](C)O2)[C@H](C)[C@@H](O[C@@H]2O[C@H](C)C[C@H](N(C)CCc3cn([C@H](CF)Cc4ccc(-c5ccc(N(C)C)nc5)cc4)nn3)[C@H]2O)[C@](C)(O)C[C@@H](C)CN(C)[C@H](C)[C@@H](O)[C@]1(C)O. The highest BCUT2D eigenvalue weighted by atomic mass is 19.1. The maximum atomic E-state index is 14.7. The molecule has 3 saturated heterocycles. The van der Waals surface area contributed by atoms with E-state index in [2.05, 4.69) is 15.3 Å². The summed E-state index contributed by atoms with van der Waals surface area (Å²) in [6, 6.07) is 10.4. The first-order chi connectivity index (χ1) is 36.1. The first-order valence-electron chi connectivity index (χ1n) is 27.6. The molecule has 0 bridgehead atoms. The highest BCUT2D eigenvalue weighted by Crippen LogP contribution is 2.40. The minimum absolute atomic E-state index is 0.0885. The van der Waals surface area contributed by atoms with Crippen LogP contribution in [0.2, 0.25) is 0 Å². The van der Waals surface area contributed by atoms with Crippen LogP contribution in [0.25, 0.3) is 11.1 Å². The number of anilines is 1. The lowest BCUT2D eigenvalue weighted by molar-refractivity contribution is -0.318. The number of likely N-dealkylation sites (N-methyl/N-ethyl adjacent to an activating group) is 2. The van der Waals surface area contributed by atoms with Gasteiger partial charge in [0, 0.05) is 83.1 Å². The van der Waals surface area contributed by atoms with E-state index in [1.807, 2.05) is 99.3 Å². The number of alkyl halides is 1. The molecule has 1 aromatic carbocycles. The van der Waals surface area contributed by atoms with Gasteiger partial charge in [0.1, 0.15) is 42.5 Å². The Morgan fingerprint density at radius 1 is 0.922 bits per heavy atom. The summed E-state index contributed by atoms with van der Waals surface area (Å²) in [6.07, 6.45) is -4.87. The van der Waals surface area contributed by atoms with E-state index in [0.717, 1.165) is 22.5 Å². The van der Waals surface area contributed by atoms with Crippen molar-refractivity contribution in [3.8, 4) is 11.1 Å². The van der Waals surface area contributed by atoms with Crippen molar-refractivity contribution in [1.82, 2.24) is 29.8 Å². The number of halogens is 1. The van der Waals surface area contributed by atoms with E-state index in [9.17, 15) is 34.7 Å². The Hall–Kier alpha value is -3.77. The zero-order valence-electron chi connectivity index (χ0n) is 48.3. The molecular formula is C57H92FN7O12. The van der Waals surface area contributed by atoms with E-state index in [-0.39, 0.29) is 25.2 Å². The smallest absolute Gasteiger partial charge is 0.311 e. The molecule has 3 aliphatic rings. The van der Waals surface area contributed by atoms with E-state index >= 15 is 0 Å². The number of ether oxygens (including phenoxy) is 6. The maximum Gasteiger partial charge on any atom is 0.311 e. The number of hydrogen-bond acceptors (Lipinski definition) is 18. The van der Waals surface area contributed by atoms with Gasteiger partial charge in [-0.1, -0.05) is 50.3 Å². The van der Waals surface area contributed by atoms with Crippen LogP contribution in [-0.2, 0) is 46.1 Å². The molecule has 0 aliphatic carbocycles. The van der Waals surface area contributed by atoms with Crippen LogP contribution in [0.3, 0.4) is 0 Å². The first-order valence-corrected chi connectivity index (χ1v) is 27.6. The van der Waals surface area contributed by atoms with Gasteiger partial charge in [0.05, 0.1) is 53.3 Å². The monoisotopic (exact) mass is 1090 g/mol. The molecule has 3 aromatic rings. The number of aromatic nitrogens is 4. The minimum Gasteiger partial charge on any atom is -0.459 e. The third kappa shape index (κ3) is 14.8. The predicted molar refractivity (Wildman–Crippen MR) is 290 cm³/mol. The van der Waals surface area contributed by atoms with Gasteiger partial charge in [-0.05, 0) is 117 Å². The standard InChI is InChI=1S/C57H92FN7O12/c1-16-45-57(10,71)50(67)37(6)64(14)31-33(2)27-55(8,70)52(35(4)49(36(5)53(69)75-45)76-47-28-56(9,72-15)51(68)38(7)74-47)77-54-48(66)44(25-34(3)73-54)63(13)24-23-42-32-65(61-60-42)43(29-58)26-39-17-19-40(20-18-39)41-21-22-46(59-30-41)62(11)12/h17-22,30,32-38,43-45,47-52,54,66-68,70-71H,16,23-29,31H2,1-15H3/t33-,34-,35+,36-,37-,38+,43+,44+,45-,47+,48-,49+,50-,51+,52-,54+,55-,56-,57-/m1/s1. The van der Waals surface area contributed by atoms with Gasteiger partial charge in [-0.3, -0.25) is 4.79 Å². The third-order valence-corrected chi connectivity index (χ3v) is 16.9. The lowest BCUT2D eigenvalue weighted by Gasteiger charge is -2.49. The van der Waals surface area contributed by atoms with Gasteiger partial charge < -0.3 is 68.7 Å². The number of hydrogen-bond donors (Lipinski definition) is 5. The van der Waals surface area contributed by atoms with Crippen LogP contribution < -0.4 is 4.90 Å². The van der Waals surface area contributed by atoms with E-state index < -0.39 is 121 Å². The molecule has 5 N–H and O–H groups in total. The molecule has 6 rings (SSSR count). The maximum absolute atomic E-state index is 14.7. The Morgan fingerprint density at radius 3 is 2.21 bits per heavy atom. The summed E-state index contributed by atoms with van der Waals surface area (Å²) >= 11 is 0. The number of carbonyl (C=O) groups excluding carboxylic acids is 1. The molecule has 2 aromatic heterocycles. The summed E-state index contributed by atoms with van der Waals surface area (Å²) in [6.45, 7) is 17.7. The number of carbonyl (C=O) groups is 1. The summed E-state index contributed by atoms with van der Waals surface area (Å²) in [5.41, 5.74) is -0.958. The number of rotatable bonds is 16. The number of benzene rings is 1. The van der Waals surface area contributed by atoms with Crippen LogP contribution in [0, 0.1) is 17.8 Å². The van der Waals surface area contributed by atoms with Crippen molar-refractivity contribution in [1.29, 1.82) is 0 Å². The van der Waals surface area contributed by atoms with Crippen molar-refractivity contribution in [3.63, 3.8) is 0 Å². The average Bonchev–Trinajstić information content (AvgIpc) is 3.88. The van der Waals surface area contributed by atoms with Crippen LogP contribution in [0.15, 0.2) is 48.8 Å². The van der Waals surface area contributed by atoms with Crippen molar-refractivity contribution < 1.29 is 63.1 Å². The number of aliphatic hydroxyl groups excluding tert-OH is 3. The van der Waals surface area contributed by atoms with E-state index in [0.29, 0.717) is 38.0 Å². The van der Waals surface area contributed by atoms with E-state index in [4.69, 9.17) is 28.4 Å². The molecule has 0 spiro atoms. The van der Waals surface area contributed by atoms with Crippen molar-refractivity contribution in [3.05, 3.63) is 60.0 Å². The Balaban J connectivity index is 1.22. The van der Waals surface area contributed by atoms with Gasteiger partial charge in [0.15, 0.2) is 12.6 Å². The zero-order chi connectivity index (χ0) is 56.9. The van der Waals surface area contributed by atoms with Gasteiger partial charge in [-0.15, -0.1) is 5.10 Å². The number of aliphatic hydroxyl groups is 5. The summed E-state index contributed by atoms with van der Waals surface area (Å²) in [4.78, 5) is 24.9. The normalized spacial score (nSPS) is 37.7. The fourth-order valence-electron chi connectivity index (χ4n) is 11.9. The molecule has 20 heteroatoms. The van der Waals surface area contributed by atoms with Gasteiger partial charge in [0.25, 0.3) is 0 Å². The second-order valence-electron chi connectivity index (χ2n) is 23.6. The van der Waals surface area contributed by atoms with Crippen LogP contribution >= 0.6 is 0 Å². The minimum atomic E-state index is -1.85. The van der Waals surface area contributed by atoms with Gasteiger partial charge in [-0.2, -0.15) is 0 Å². The fourth-order valence-corrected chi connectivity index (χ4v) is 11.9. The van der Waals surface area contributed by atoms with Gasteiger partial charge >= 0.3 is 5.97 Å². The molecular weight excluding hydrogens is 994 g/mol. The van der Waals surface area contributed by atoms with Crippen molar-refractivity contribution in [2.75, 3.05) is 60.0 Å². The van der Waals surface area contributed by atoms with Gasteiger partial charge in [-0.25, -0.2) is 14.1 Å². The first kappa shape index (κ1) is 62.4. The molecule has 19 nitrogen and oxygen atoms in total. The molecule has 3 aliphatic heterocycles. The number of nitrogens with zero attached hydrogens (tertiary/aromatic N) is 7. The predicted octanol–water partition coefficient (Wildman–Crippen LogP) is 4.99. The highest BCUT2D eigenvalue weighted by Gasteiger charge is 2.53. The number of pyridine rings is 1. The second-order valence-corrected chi connectivity index (χ2v) is 23.6. The van der Waals surface area contributed by atoms with Crippen LogP contribution in [0.1, 0.15) is 112 Å². The van der Waals surface area contributed by atoms with Crippen molar-refractivity contribution in [2.45, 2.75) is 204 Å². The molecule has 0 amide bonds. The van der Waals surface area contributed by atoms with E-state index in [1.165, 1.54) is 14.0 Å². The zero-order valence-corrected chi connectivity index (χ0v) is 48.3. The Labute approximate surface area is 456 Å². The second kappa shape index (κ2) is 26.2. The number of methoxy groups -OCH3 is 1. The third-order valence-electron chi connectivity index (χ3n) is 16.9. The Bertz CT molecular complexity index is 2310. The summed E-state index contributed by atoms with van der Waals surface area (Å²) in [7, 11) is 9.13. The van der Waals surface area contributed by atoms with Gasteiger partial charge in [0.2, 0.25) is 0 Å². The average molecular weight is 1090 g/mol. The Morgan fingerprint density at radius 2 is 1.60 bits per heavy atom. The molecule has 77 heavy (non-hydrogen) atoms. The lowest BCUT2D eigenvalue weighted by Crippen LogP contribution is -2.61. The van der Waals surface area contributed by atoms with Crippen LogP contribution in [0.5, 0.6) is 0 Å². The van der Waals surface area contributed by atoms with Crippen molar-refractivity contribution in [2.24, 2.45) is 17.8 Å². The number of cyclic esters (lactones) is 1. The van der Waals surface area contributed by atoms with Crippen molar-refractivity contribution >= 4 is 11.8 Å². The molecule has 0 unspecified atom stereocenters. The number of esters is 1. The topological polar surface area (TPSA) is 227 Å². The molecule has 19 atom stereocenters. The van der Waals surface area contributed by atoms with Crippen LogP contribution in [0.4, 0.5) is 10.2 Å². The molecule has 3 fully saturated rings. The lowest BCUT2D eigenvalue weighted by atomic mass is 9.77. The molecule has 5 heterocycles. The fraction of sp³-hybridized carbons (Fsp3) is 0.754. The summed E-state index contributed by atoms with van der Waals surface area (Å²) in [5, 5.41) is 68.6. The molecule has 0 saturated carbocycles. The Kier molecular flexibility index (Phi) is 21.3. The largest absolute Gasteiger partial charge is 0.459 e. The molecule has 0 radical (unpaired) electrons. The summed E-state index contributed by atoms with van der Waals surface area (Å²) in [5.74, 6) is -1.98.